The fourth-order valence-electron chi connectivity index (χ4n) is 4.88. The van der Waals surface area contributed by atoms with Crippen LogP contribution in [0, 0.1) is 0 Å². The highest BCUT2D eigenvalue weighted by Crippen LogP contribution is 2.39. The summed E-state index contributed by atoms with van der Waals surface area (Å²) in [5.41, 5.74) is 14.8. The lowest BCUT2D eigenvalue weighted by atomic mass is 9.89. The van der Waals surface area contributed by atoms with Gasteiger partial charge in [0.05, 0.1) is 0 Å². The van der Waals surface area contributed by atoms with Crippen molar-refractivity contribution in [1.29, 1.82) is 0 Å². The smallest absolute Gasteiger partial charge is 0.251 e. The van der Waals surface area contributed by atoms with Crippen LogP contribution in [0.4, 0.5) is 5.69 Å². The average molecular weight is 436 g/mol. The van der Waals surface area contributed by atoms with Gasteiger partial charge in [-0.05, 0) is 59.7 Å². The van der Waals surface area contributed by atoms with Crippen molar-refractivity contribution in [3.63, 3.8) is 0 Å². The van der Waals surface area contributed by atoms with Gasteiger partial charge in [-0.2, -0.15) is 0 Å². The second kappa shape index (κ2) is 9.37. The molecule has 0 aromatic heterocycles. The molecule has 5 rings (SSSR count). The van der Waals surface area contributed by atoms with Crippen LogP contribution in [0.25, 0.3) is 17.7 Å². The summed E-state index contributed by atoms with van der Waals surface area (Å²) in [6.07, 6.45) is 7.84. The molecular weight excluding hydrogens is 406 g/mol. The zero-order valence-corrected chi connectivity index (χ0v) is 18.8. The minimum absolute atomic E-state index is 0.0807. The maximum Gasteiger partial charge on any atom is 0.251 e. The van der Waals surface area contributed by atoms with E-state index in [-0.39, 0.29) is 5.91 Å². The maximum absolute atomic E-state index is 12.6. The lowest BCUT2D eigenvalue weighted by Gasteiger charge is -2.34. The van der Waals surface area contributed by atoms with Crippen molar-refractivity contribution >= 4 is 29.3 Å². The molecule has 166 valence electrons. The number of carbonyl (C=O) groups is 1. The van der Waals surface area contributed by atoms with E-state index in [1.165, 1.54) is 46.4 Å². The van der Waals surface area contributed by atoms with Gasteiger partial charge >= 0.3 is 0 Å². The summed E-state index contributed by atoms with van der Waals surface area (Å²) in [6.45, 7) is 2.38. The zero-order chi connectivity index (χ0) is 22.6. The van der Waals surface area contributed by atoms with Gasteiger partial charge in [-0.3, -0.25) is 4.79 Å². The van der Waals surface area contributed by atoms with Gasteiger partial charge in [0.1, 0.15) is 0 Å². The quantitative estimate of drug-likeness (QED) is 0.420. The summed E-state index contributed by atoms with van der Waals surface area (Å²) in [7, 11) is 0. The Morgan fingerprint density at radius 1 is 0.879 bits per heavy atom. The van der Waals surface area contributed by atoms with Crippen LogP contribution in [-0.4, -0.2) is 30.4 Å². The van der Waals surface area contributed by atoms with Crippen LogP contribution in [-0.2, 0) is 0 Å². The van der Waals surface area contributed by atoms with Crippen LogP contribution in [0.2, 0.25) is 0 Å². The van der Waals surface area contributed by atoms with Crippen LogP contribution in [0.1, 0.15) is 51.9 Å². The number of nitrogen functional groups attached to an aromatic ring is 1. The minimum Gasteiger partial charge on any atom is -0.399 e. The van der Waals surface area contributed by atoms with E-state index in [4.69, 9.17) is 5.73 Å². The molecule has 1 saturated heterocycles. The number of nitrogens with one attached hydrogen (secondary N) is 1. The van der Waals surface area contributed by atoms with Crippen LogP contribution in [0.15, 0.2) is 78.5 Å². The molecule has 1 fully saturated rings. The van der Waals surface area contributed by atoms with E-state index in [1.807, 2.05) is 6.07 Å². The number of hydrogen-bond acceptors (Lipinski definition) is 3. The first-order chi connectivity index (χ1) is 16.2. The summed E-state index contributed by atoms with van der Waals surface area (Å²) in [5, 5.41) is 3.08. The molecule has 33 heavy (non-hydrogen) atoms. The van der Waals surface area contributed by atoms with E-state index in [2.05, 4.69) is 70.9 Å². The standard InChI is InChI=1S/C29H29N3O/c30-24-11-7-10-23(20-24)29(33)31-17-19-32-18-6-5-14-27(32)28-25-12-3-1-8-21(25)15-16-22-9-2-4-13-26(22)28/h1-4,7-13,15-16,20H,5-6,14,17-19,30H2,(H,31,33). The number of allylic oxidation sites excluding steroid dienone is 1. The van der Waals surface area contributed by atoms with Gasteiger partial charge in [-0.15, -0.1) is 0 Å². The molecule has 3 aromatic rings. The van der Waals surface area contributed by atoms with E-state index >= 15 is 0 Å². The van der Waals surface area contributed by atoms with E-state index in [0.29, 0.717) is 17.8 Å². The molecule has 3 N–H and O–H groups in total. The molecule has 3 aromatic carbocycles. The van der Waals surface area contributed by atoms with Gasteiger partial charge < -0.3 is 16.0 Å². The number of piperidine rings is 1. The van der Waals surface area contributed by atoms with Crippen molar-refractivity contribution in [2.75, 3.05) is 25.4 Å². The largest absolute Gasteiger partial charge is 0.399 e. The number of benzene rings is 3. The third-order valence-corrected chi connectivity index (χ3v) is 6.48. The topological polar surface area (TPSA) is 58.4 Å². The summed E-state index contributed by atoms with van der Waals surface area (Å²) < 4.78 is 0. The number of nitrogens with zero attached hydrogens (tertiary/aromatic N) is 1. The Labute approximate surface area is 195 Å². The Kier molecular flexibility index (Phi) is 5.99. The number of anilines is 1. The van der Waals surface area contributed by atoms with Crippen LogP contribution in [0.3, 0.4) is 0 Å². The van der Waals surface area contributed by atoms with E-state index in [9.17, 15) is 4.79 Å². The first-order valence-electron chi connectivity index (χ1n) is 11.7. The summed E-state index contributed by atoms with van der Waals surface area (Å²) in [4.78, 5) is 15.1. The van der Waals surface area contributed by atoms with Crippen LogP contribution >= 0.6 is 0 Å². The summed E-state index contributed by atoms with van der Waals surface area (Å²) in [6, 6.07) is 24.4. The number of rotatable bonds is 4. The molecule has 4 nitrogen and oxygen atoms in total. The lowest BCUT2D eigenvalue weighted by Crippen LogP contribution is -2.37. The predicted molar refractivity (Wildman–Crippen MR) is 136 cm³/mol. The van der Waals surface area contributed by atoms with Crippen molar-refractivity contribution in [2.24, 2.45) is 0 Å². The Morgan fingerprint density at radius 3 is 2.27 bits per heavy atom. The number of amides is 1. The van der Waals surface area contributed by atoms with E-state index < -0.39 is 0 Å². The van der Waals surface area contributed by atoms with Crippen molar-refractivity contribution in [3.8, 4) is 0 Å². The van der Waals surface area contributed by atoms with Gasteiger partial charge in [-0.25, -0.2) is 0 Å². The first-order valence-corrected chi connectivity index (χ1v) is 11.7. The highest BCUT2D eigenvalue weighted by molar-refractivity contribution is 5.95. The van der Waals surface area contributed by atoms with Crippen molar-refractivity contribution in [1.82, 2.24) is 10.2 Å². The van der Waals surface area contributed by atoms with Gasteiger partial charge in [-0.1, -0.05) is 66.7 Å². The Balaban J connectivity index is 1.45. The van der Waals surface area contributed by atoms with Crippen LogP contribution < -0.4 is 11.1 Å². The highest BCUT2D eigenvalue weighted by Gasteiger charge is 2.24. The molecule has 0 radical (unpaired) electrons. The third kappa shape index (κ3) is 4.42. The molecule has 4 heteroatoms. The van der Waals surface area contributed by atoms with Crippen molar-refractivity contribution in [2.45, 2.75) is 19.3 Å². The molecule has 0 unspecified atom stereocenters. The number of nitrogens with two attached hydrogens (primary N) is 1. The van der Waals surface area contributed by atoms with Crippen molar-refractivity contribution < 1.29 is 4.79 Å². The molecule has 1 aliphatic carbocycles. The molecule has 2 aliphatic rings. The first kappa shape index (κ1) is 21.1. The second-order valence-corrected chi connectivity index (χ2v) is 8.66. The Morgan fingerprint density at radius 2 is 1.58 bits per heavy atom. The maximum atomic E-state index is 12.6. The summed E-state index contributed by atoms with van der Waals surface area (Å²) >= 11 is 0. The third-order valence-electron chi connectivity index (χ3n) is 6.48. The monoisotopic (exact) mass is 435 g/mol. The normalized spacial score (nSPS) is 15.0. The van der Waals surface area contributed by atoms with Gasteiger partial charge in [0.15, 0.2) is 0 Å². The van der Waals surface area contributed by atoms with E-state index in [0.717, 1.165) is 19.5 Å². The number of fused-ring (bicyclic) bond motifs is 2. The zero-order valence-electron chi connectivity index (χ0n) is 18.8. The molecular formula is C29H29N3O. The molecule has 0 bridgehead atoms. The van der Waals surface area contributed by atoms with Gasteiger partial charge in [0.25, 0.3) is 5.91 Å². The van der Waals surface area contributed by atoms with Crippen LogP contribution in [0.5, 0.6) is 0 Å². The molecule has 0 atom stereocenters. The Bertz CT molecular complexity index is 1190. The SMILES string of the molecule is Nc1cccc(C(=O)NCCN2CCCCC2=C2c3ccccc3C=Cc3ccccc32)c1. The molecule has 0 spiro atoms. The Hall–Kier alpha value is -3.79. The molecule has 1 aliphatic heterocycles. The van der Waals surface area contributed by atoms with Gasteiger partial charge in [0.2, 0.25) is 0 Å². The number of likely N-dealkylation sites (tertiary alicyclic amines) is 1. The molecule has 0 saturated carbocycles. The predicted octanol–water partition coefficient (Wildman–Crippen LogP) is 5.43. The fourth-order valence-corrected chi connectivity index (χ4v) is 4.88. The van der Waals surface area contributed by atoms with Gasteiger partial charge in [0, 0.05) is 42.2 Å². The average Bonchev–Trinajstić information content (AvgIpc) is 3.01. The summed E-state index contributed by atoms with van der Waals surface area (Å²) in [5.74, 6) is -0.0807. The molecule has 1 amide bonds. The second-order valence-electron chi connectivity index (χ2n) is 8.66. The minimum atomic E-state index is -0.0807. The van der Waals surface area contributed by atoms with E-state index in [1.54, 1.807) is 18.2 Å². The number of carbonyl (C=O) groups excluding carboxylic acids is 1. The highest BCUT2D eigenvalue weighted by atomic mass is 16.1. The fraction of sp³-hybridized carbons (Fsp3) is 0.207. The molecule has 1 heterocycles. The lowest BCUT2D eigenvalue weighted by molar-refractivity contribution is 0.0949. The number of hydrogen-bond donors (Lipinski definition) is 2. The van der Waals surface area contributed by atoms with Crippen molar-refractivity contribution in [3.05, 3.63) is 106 Å².